The fraction of sp³-hybridized carbons (Fsp3) is 0.300. The number of fused-ring (bicyclic) bond motifs is 3. The molecule has 0 atom stereocenters. The predicted molar refractivity (Wildman–Crippen MR) is 189 cm³/mol. The Bertz CT molecular complexity index is 1890. The molecule has 0 unspecified atom stereocenters. The van der Waals surface area contributed by atoms with E-state index >= 15 is 0 Å². The van der Waals surface area contributed by atoms with E-state index in [2.05, 4.69) is 119 Å². The van der Waals surface area contributed by atoms with Crippen molar-refractivity contribution in [2.45, 2.75) is 70.6 Å². The first kappa shape index (κ1) is 34.8. The molecule has 0 N–H and O–H groups in total. The monoisotopic (exact) mass is 835 g/mol. The van der Waals surface area contributed by atoms with Gasteiger partial charge in [0.05, 0.1) is 5.58 Å². The van der Waals surface area contributed by atoms with Gasteiger partial charge in [-0.05, 0) is 28.8 Å². The Balaban J connectivity index is 0.000000201. The van der Waals surface area contributed by atoms with E-state index in [0.29, 0.717) is 5.41 Å². The van der Waals surface area contributed by atoms with Crippen molar-refractivity contribution in [3.63, 3.8) is 0 Å². The smallest absolute Gasteiger partial charge is 0.120 e. The van der Waals surface area contributed by atoms with E-state index in [0.717, 1.165) is 50.9 Å². The number of hydrogen-bond donors (Lipinski definition) is 0. The van der Waals surface area contributed by atoms with Crippen LogP contribution in [0.1, 0.15) is 52.7 Å². The largest absolute Gasteiger partial charge is 0.501 e. The van der Waals surface area contributed by atoms with Gasteiger partial charge in [-0.2, -0.15) is 0 Å². The van der Waals surface area contributed by atoms with Crippen LogP contribution in [-0.2, 0) is 31.9 Å². The summed E-state index contributed by atoms with van der Waals surface area (Å²) < 4.78 is 7.62. The molecule has 5 heteroatoms. The van der Waals surface area contributed by atoms with Gasteiger partial charge in [0.2, 0.25) is 0 Å². The molecule has 0 fully saturated rings. The van der Waals surface area contributed by atoms with E-state index in [1.165, 1.54) is 15.5 Å². The minimum Gasteiger partial charge on any atom is -0.501 e. The summed E-state index contributed by atoms with van der Waals surface area (Å²) in [5.41, 5.74) is 8.82. The van der Waals surface area contributed by atoms with Crippen LogP contribution in [0.4, 0.5) is 0 Å². The third-order valence-electron chi connectivity index (χ3n) is 7.72. The number of rotatable bonds is 4. The minimum absolute atomic E-state index is 0. The van der Waals surface area contributed by atoms with Crippen LogP contribution in [0.15, 0.2) is 95.7 Å². The summed E-state index contributed by atoms with van der Waals surface area (Å²) >= 11 is -1.90. The number of benzene rings is 3. The van der Waals surface area contributed by atoms with Crippen LogP contribution in [0, 0.1) is 17.5 Å². The molecule has 6 rings (SSSR count). The maximum absolute atomic E-state index is 6.09. The van der Waals surface area contributed by atoms with Gasteiger partial charge in [-0.3, -0.25) is 0 Å². The number of pyridine rings is 2. The van der Waals surface area contributed by atoms with Gasteiger partial charge in [-0.15, -0.1) is 18.2 Å². The molecule has 6 aromatic rings. The third-order valence-corrected chi connectivity index (χ3v) is 12.1. The normalized spacial score (nSPS) is 12.0. The van der Waals surface area contributed by atoms with Crippen molar-refractivity contribution in [3.05, 3.63) is 115 Å². The molecule has 0 saturated carbocycles. The van der Waals surface area contributed by atoms with Crippen molar-refractivity contribution in [2.24, 2.45) is 5.41 Å². The van der Waals surface area contributed by atoms with Crippen molar-refractivity contribution in [1.82, 2.24) is 9.97 Å². The summed E-state index contributed by atoms with van der Waals surface area (Å²) in [7, 11) is 0. The SMILES string of the molecule is CC(C)(C)Cc1cc(-c2[c-]cccc2)nc[c]1[Ge]([CH3])([CH3])[CH3].CC(C)(C)c1ccnc(-c2[c-]ccc3c2oc2ccccc23)c1.[Ir]. The fourth-order valence-corrected chi connectivity index (χ4v) is 8.81. The van der Waals surface area contributed by atoms with E-state index in [-0.39, 0.29) is 25.5 Å². The van der Waals surface area contributed by atoms with Crippen molar-refractivity contribution in [1.29, 1.82) is 0 Å². The standard InChI is InChI=1S/C21H18NO.C19H26GeN.Ir/c1-21(2,3)14-11-12-22-18(13-14)17-9-6-8-16-15-7-4-5-10-19(15)23-20(16)17;1-19(2,3)13-16-12-18(15-10-8-7-9-11-15)21-14-17(16)20(4,5)6;/h4-8,10-13H,1-3H3;7-10,12,14H,13H2,1-6H3;/q2*-1;. The molecule has 0 saturated heterocycles. The van der Waals surface area contributed by atoms with E-state index in [4.69, 9.17) is 9.40 Å². The van der Waals surface area contributed by atoms with Gasteiger partial charge in [0, 0.05) is 31.7 Å². The quantitative estimate of drug-likeness (QED) is 0.131. The molecule has 0 aliphatic rings. The number of hydrogen-bond acceptors (Lipinski definition) is 3. The second-order valence-corrected chi connectivity index (χ2v) is 25.4. The summed E-state index contributed by atoms with van der Waals surface area (Å²) in [5, 5.41) is 2.24. The molecule has 45 heavy (non-hydrogen) atoms. The van der Waals surface area contributed by atoms with Gasteiger partial charge in [0.1, 0.15) is 5.58 Å². The molecule has 235 valence electrons. The zero-order chi connectivity index (χ0) is 31.7. The zero-order valence-corrected chi connectivity index (χ0v) is 32.5. The maximum Gasteiger partial charge on any atom is 0.120 e. The van der Waals surface area contributed by atoms with Crippen LogP contribution in [-0.4, -0.2) is 23.2 Å². The van der Waals surface area contributed by atoms with Crippen LogP contribution in [0.5, 0.6) is 0 Å². The summed E-state index contributed by atoms with van der Waals surface area (Å²) in [6.07, 6.45) is 5.11. The Hall–Kier alpha value is -3.05. The van der Waals surface area contributed by atoms with E-state index in [1.54, 1.807) is 0 Å². The molecule has 3 aromatic carbocycles. The Kier molecular flexibility index (Phi) is 10.6. The number of furan rings is 1. The molecule has 3 aromatic heterocycles. The molecule has 1 radical (unpaired) electrons. The number of aromatic nitrogens is 2. The van der Waals surface area contributed by atoms with Gasteiger partial charge in [-0.1, -0.05) is 56.0 Å². The zero-order valence-electron chi connectivity index (χ0n) is 28.0. The van der Waals surface area contributed by atoms with Crippen molar-refractivity contribution >= 4 is 39.6 Å². The van der Waals surface area contributed by atoms with E-state index in [1.807, 2.05) is 48.7 Å². The summed E-state index contributed by atoms with van der Waals surface area (Å²) in [4.78, 5) is 9.27. The average molecular weight is 834 g/mol. The molecule has 0 bridgehead atoms. The molecular formula is C40H44GeIrN2O-2. The first-order valence-corrected chi connectivity index (χ1v) is 22.8. The second-order valence-electron chi connectivity index (χ2n) is 14.9. The van der Waals surface area contributed by atoms with Crippen molar-refractivity contribution in [2.75, 3.05) is 0 Å². The van der Waals surface area contributed by atoms with E-state index in [9.17, 15) is 0 Å². The van der Waals surface area contributed by atoms with Crippen LogP contribution < -0.4 is 4.40 Å². The average Bonchev–Trinajstić information content (AvgIpc) is 3.35. The summed E-state index contributed by atoms with van der Waals surface area (Å²) in [5.74, 6) is 7.33. The third kappa shape index (κ3) is 8.41. The topological polar surface area (TPSA) is 38.9 Å². The molecule has 0 aliphatic carbocycles. The van der Waals surface area contributed by atoms with Gasteiger partial charge in [-0.25, -0.2) is 0 Å². The molecule has 0 spiro atoms. The number of para-hydroxylation sites is 1. The van der Waals surface area contributed by atoms with Crippen LogP contribution in [0.25, 0.3) is 44.5 Å². The molecule has 0 aliphatic heterocycles. The second kappa shape index (κ2) is 13.7. The predicted octanol–water partition coefficient (Wildman–Crippen LogP) is 10.4. The maximum atomic E-state index is 6.09. The first-order valence-electron chi connectivity index (χ1n) is 15.5. The Morgan fingerprint density at radius 2 is 1.49 bits per heavy atom. The van der Waals surface area contributed by atoms with E-state index < -0.39 is 13.3 Å². The van der Waals surface area contributed by atoms with Gasteiger partial charge in [0.25, 0.3) is 0 Å². The molecular weight excluding hydrogens is 789 g/mol. The van der Waals surface area contributed by atoms with Crippen molar-refractivity contribution < 1.29 is 24.5 Å². The van der Waals surface area contributed by atoms with Crippen LogP contribution >= 0.6 is 0 Å². The Morgan fingerprint density at radius 1 is 0.756 bits per heavy atom. The molecule has 3 nitrogen and oxygen atoms in total. The summed E-state index contributed by atoms with van der Waals surface area (Å²) in [6.45, 7) is 13.5. The van der Waals surface area contributed by atoms with Gasteiger partial charge >= 0.3 is 132 Å². The minimum atomic E-state index is -1.90. The summed E-state index contributed by atoms with van der Waals surface area (Å²) in [6, 6.07) is 33.3. The Morgan fingerprint density at radius 3 is 2.16 bits per heavy atom. The first-order chi connectivity index (χ1) is 20.7. The molecule has 3 heterocycles. The Labute approximate surface area is 285 Å². The number of nitrogens with zero attached hydrogens (tertiary/aromatic N) is 2. The molecule has 0 amide bonds. The van der Waals surface area contributed by atoms with Gasteiger partial charge < -0.3 is 9.40 Å². The van der Waals surface area contributed by atoms with Gasteiger partial charge in [0.15, 0.2) is 0 Å². The fourth-order valence-electron chi connectivity index (χ4n) is 5.50. The van der Waals surface area contributed by atoms with Crippen LogP contribution in [0.2, 0.25) is 17.3 Å². The van der Waals surface area contributed by atoms with Crippen LogP contribution in [0.3, 0.4) is 0 Å². The van der Waals surface area contributed by atoms with Crippen molar-refractivity contribution in [3.8, 4) is 22.5 Å².